The van der Waals surface area contributed by atoms with Crippen LogP contribution in [0, 0.1) is 5.92 Å². The van der Waals surface area contributed by atoms with Crippen LogP contribution in [0.1, 0.15) is 58.3 Å². The van der Waals surface area contributed by atoms with Gasteiger partial charge in [0.2, 0.25) is 5.91 Å². The van der Waals surface area contributed by atoms with Crippen LogP contribution in [0.15, 0.2) is 0 Å². The van der Waals surface area contributed by atoms with Crippen molar-refractivity contribution in [2.75, 3.05) is 19.6 Å². The van der Waals surface area contributed by atoms with E-state index in [1.165, 1.54) is 25.7 Å². The van der Waals surface area contributed by atoms with Crippen LogP contribution in [0.2, 0.25) is 0 Å². The first-order valence-corrected chi connectivity index (χ1v) is 7.25. The van der Waals surface area contributed by atoms with E-state index in [0.717, 1.165) is 44.7 Å². The van der Waals surface area contributed by atoms with Crippen molar-refractivity contribution in [1.29, 1.82) is 0 Å². The Bertz CT molecular complexity index is 212. The van der Waals surface area contributed by atoms with Crippen molar-refractivity contribution in [3.63, 3.8) is 0 Å². The molecular formula is C14H28N2O. The third-order valence-electron chi connectivity index (χ3n) is 3.77. The molecule has 3 nitrogen and oxygen atoms in total. The zero-order valence-electron chi connectivity index (χ0n) is 11.3. The molecule has 0 aromatic carbocycles. The number of carbonyl (C=O) groups excluding carboxylic acids is 1. The minimum Gasteiger partial charge on any atom is -0.341 e. The van der Waals surface area contributed by atoms with E-state index in [1.807, 2.05) is 4.90 Å². The highest BCUT2D eigenvalue weighted by molar-refractivity contribution is 5.76. The smallest absolute Gasteiger partial charge is 0.222 e. The monoisotopic (exact) mass is 240 g/mol. The Hall–Kier alpha value is -0.570. The molecule has 0 heterocycles. The Kier molecular flexibility index (Phi) is 7.25. The minimum absolute atomic E-state index is 0.316. The van der Waals surface area contributed by atoms with Gasteiger partial charge in [-0.1, -0.05) is 39.0 Å². The predicted octanol–water partition coefficient (Wildman–Crippen LogP) is 2.54. The Morgan fingerprint density at radius 3 is 2.59 bits per heavy atom. The summed E-state index contributed by atoms with van der Waals surface area (Å²) in [6, 6.07) is 0. The van der Waals surface area contributed by atoms with Crippen LogP contribution in [0.5, 0.6) is 0 Å². The van der Waals surface area contributed by atoms with Crippen LogP contribution in [0.25, 0.3) is 0 Å². The fourth-order valence-corrected chi connectivity index (χ4v) is 2.65. The number of amides is 1. The van der Waals surface area contributed by atoms with Gasteiger partial charge in [0.05, 0.1) is 0 Å². The van der Waals surface area contributed by atoms with E-state index in [0.29, 0.717) is 12.5 Å². The highest BCUT2D eigenvalue weighted by atomic mass is 16.2. The lowest BCUT2D eigenvalue weighted by molar-refractivity contribution is -0.131. The van der Waals surface area contributed by atoms with Crippen LogP contribution in [0.4, 0.5) is 0 Å². The van der Waals surface area contributed by atoms with Gasteiger partial charge in [-0.25, -0.2) is 0 Å². The molecule has 1 rings (SSSR count). The molecule has 0 bridgehead atoms. The molecule has 17 heavy (non-hydrogen) atoms. The summed E-state index contributed by atoms with van der Waals surface area (Å²) in [5.41, 5.74) is 5.56. The molecule has 0 atom stereocenters. The fourth-order valence-electron chi connectivity index (χ4n) is 2.65. The first kappa shape index (κ1) is 14.5. The van der Waals surface area contributed by atoms with Gasteiger partial charge in [0.1, 0.15) is 0 Å². The molecule has 1 fully saturated rings. The van der Waals surface area contributed by atoms with Crippen molar-refractivity contribution in [3.8, 4) is 0 Å². The summed E-state index contributed by atoms with van der Waals surface area (Å²) < 4.78 is 0. The zero-order valence-corrected chi connectivity index (χ0v) is 11.3. The predicted molar refractivity (Wildman–Crippen MR) is 71.7 cm³/mol. The standard InChI is InChI=1S/C14H28N2O/c1-2-3-11-16(12-10-15)14(17)9-8-13-6-4-5-7-13/h13H,2-12,15H2,1H3. The largest absolute Gasteiger partial charge is 0.341 e. The molecule has 3 heteroatoms. The first-order chi connectivity index (χ1) is 8.27. The number of hydrogen-bond donors (Lipinski definition) is 1. The Labute approximate surface area is 106 Å². The van der Waals surface area contributed by atoms with E-state index in [4.69, 9.17) is 5.73 Å². The average Bonchev–Trinajstić information content (AvgIpc) is 2.84. The van der Waals surface area contributed by atoms with Gasteiger partial charge in [0, 0.05) is 26.1 Å². The van der Waals surface area contributed by atoms with Crippen LogP contribution in [0.3, 0.4) is 0 Å². The summed E-state index contributed by atoms with van der Waals surface area (Å²) >= 11 is 0. The first-order valence-electron chi connectivity index (χ1n) is 7.25. The molecule has 1 amide bonds. The van der Waals surface area contributed by atoms with Crippen molar-refractivity contribution in [3.05, 3.63) is 0 Å². The maximum atomic E-state index is 12.1. The Morgan fingerprint density at radius 1 is 1.29 bits per heavy atom. The summed E-state index contributed by atoms with van der Waals surface area (Å²) in [7, 11) is 0. The molecule has 2 N–H and O–H groups in total. The molecule has 1 aliphatic rings. The molecule has 0 radical (unpaired) electrons. The van der Waals surface area contributed by atoms with E-state index in [-0.39, 0.29) is 0 Å². The summed E-state index contributed by atoms with van der Waals surface area (Å²) in [6.45, 7) is 4.35. The zero-order chi connectivity index (χ0) is 12.5. The van der Waals surface area contributed by atoms with Gasteiger partial charge in [-0.15, -0.1) is 0 Å². The topological polar surface area (TPSA) is 46.3 Å². The maximum absolute atomic E-state index is 12.1. The van der Waals surface area contributed by atoms with Gasteiger partial charge in [0.25, 0.3) is 0 Å². The molecule has 1 saturated carbocycles. The van der Waals surface area contributed by atoms with Gasteiger partial charge < -0.3 is 10.6 Å². The molecule has 0 saturated heterocycles. The van der Waals surface area contributed by atoms with Crippen molar-refractivity contribution in [1.82, 2.24) is 4.90 Å². The fraction of sp³-hybridized carbons (Fsp3) is 0.929. The van der Waals surface area contributed by atoms with Crippen LogP contribution >= 0.6 is 0 Å². The third-order valence-corrected chi connectivity index (χ3v) is 3.77. The van der Waals surface area contributed by atoms with E-state index in [1.54, 1.807) is 0 Å². The number of unbranched alkanes of at least 4 members (excludes halogenated alkanes) is 1. The SMILES string of the molecule is CCCCN(CCN)C(=O)CCC1CCCC1. The minimum atomic E-state index is 0.316. The normalized spacial score (nSPS) is 16.4. The average molecular weight is 240 g/mol. The number of rotatable bonds is 8. The van der Waals surface area contributed by atoms with Gasteiger partial charge in [-0.2, -0.15) is 0 Å². The van der Waals surface area contributed by atoms with Crippen LogP contribution in [-0.2, 0) is 4.79 Å². The molecule has 1 aliphatic carbocycles. The molecule has 0 aliphatic heterocycles. The Balaban J connectivity index is 2.24. The molecule has 0 unspecified atom stereocenters. The van der Waals surface area contributed by atoms with Gasteiger partial charge >= 0.3 is 0 Å². The second-order valence-corrected chi connectivity index (χ2v) is 5.21. The summed E-state index contributed by atoms with van der Waals surface area (Å²) in [5, 5.41) is 0. The van der Waals surface area contributed by atoms with Gasteiger partial charge in [-0.05, 0) is 18.8 Å². The van der Waals surface area contributed by atoms with E-state index in [2.05, 4.69) is 6.92 Å². The van der Waals surface area contributed by atoms with E-state index in [9.17, 15) is 4.79 Å². The highest BCUT2D eigenvalue weighted by Gasteiger charge is 2.18. The van der Waals surface area contributed by atoms with Gasteiger partial charge in [0.15, 0.2) is 0 Å². The highest BCUT2D eigenvalue weighted by Crippen LogP contribution is 2.28. The number of nitrogens with zero attached hydrogens (tertiary/aromatic N) is 1. The van der Waals surface area contributed by atoms with Gasteiger partial charge in [-0.3, -0.25) is 4.79 Å². The summed E-state index contributed by atoms with van der Waals surface area (Å²) in [4.78, 5) is 14.0. The third kappa shape index (κ3) is 5.53. The summed E-state index contributed by atoms with van der Waals surface area (Å²) in [6.07, 6.45) is 9.44. The number of nitrogens with two attached hydrogens (primary N) is 1. The van der Waals surface area contributed by atoms with Crippen LogP contribution < -0.4 is 5.73 Å². The quantitative estimate of drug-likeness (QED) is 0.708. The molecule has 0 spiro atoms. The van der Waals surface area contributed by atoms with Crippen molar-refractivity contribution < 1.29 is 4.79 Å². The van der Waals surface area contributed by atoms with Crippen molar-refractivity contribution >= 4 is 5.91 Å². The lowest BCUT2D eigenvalue weighted by atomic mass is 10.0. The van der Waals surface area contributed by atoms with Crippen LogP contribution in [-0.4, -0.2) is 30.4 Å². The number of carbonyl (C=O) groups is 1. The van der Waals surface area contributed by atoms with E-state index < -0.39 is 0 Å². The second-order valence-electron chi connectivity index (χ2n) is 5.21. The molecule has 0 aromatic heterocycles. The number of hydrogen-bond acceptors (Lipinski definition) is 2. The van der Waals surface area contributed by atoms with Crippen molar-refractivity contribution in [2.45, 2.75) is 58.3 Å². The molecule has 100 valence electrons. The second kappa shape index (κ2) is 8.51. The maximum Gasteiger partial charge on any atom is 0.222 e. The summed E-state index contributed by atoms with van der Waals surface area (Å²) in [5.74, 6) is 1.13. The van der Waals surface area contributed by atoms with Crippen molar-refractivity contribution in [2.24, 2.45) is 11.7 Å². The lowest BCUT2D eigenvalue weighted by Gasteiger charge is -2.22. The lowest BCUT2D eigenvalue weighted by Crippen LogP contribution is -2.36. The van der Waals surface area contributed by atoms with E-state index >= 15 is 0 Å². The Morgan fingerprint density at radius 2 is 2.00 bits per heavy atom. The molecule has 0 aromatic rings. The molecular weight excluding hydrogens is 212 g/mol.